The number of carboxylic acid groups (broad SMARTS) is 1. The van der Waals surface area contributed by atoms with Crippen LogP contribution < -0.4 is 19.4 Å². The molecule has 1 heterocycles. The molecule has 3 aromatic rings. The number of hydrogen-bond acceptors (Lipinski definition) is 10. The Bertz CT molecular complexity index is 2090. The van der Waals surface area contributed by atoms with Gasteiger partial charge in [-0.05, 0) is 87.1 Å². The molecular weight excluding hydrogens is 761 g/mol. The van der Waals surface area contributed by atoms with Gasteiger partial charge >= 0.3 is 25.8 Å². The van der Waals surface area contributed by atoms with E-state index in [4.69, 9.17) is 36.6 Å². The SMILES string of the molecule is COCP(=O)(NC(C)C(=O)O)Oc1ccc(COC(=O)N(C)C(=O)c2ccc(N3C(=S)N(c4ccc(C#N)c(C(F)(F)F)c4)C(=O)C3(C)C)cc2F)cc1. The van der Waals surface area contributed by atoms with Crippen LogP contribution in [-0.4, -0.2) is 71.1 Å². The highest BCUT2D eigenvalue weighted by Gasteiger charge is 2.51. The number of ether oxygens (including phenoxy) is 2. The molecule has 0 saturated carbocycles. The maximum atomic E-state index is 15.5. The van der Waals surface area contributed by atoms with Crippen LogP contribution in [0.15, 0.2) is 60.7 Å². The first-order valence-electron chi connectivity index (χ1n) is 15.6. The molecule has 0 spiro atoms. The summed E-state index contributed by atoms with van der Waals surface area (Å²) in [5, 5.41) is 20.4. The van der Waals surface area contributed by atoms with Crippen LogP contribution in [0.25, 0.3) is 0 Å². The molecule has 0 radical (unpaired) electrons. The number of hydrogen-bond donors (Lipinski definition) is 2. The first-order chi connectivity index (χ1) is 25.1. The molecule has 2 unspecified atom stereocenters. The van der Waals surface area contributed by atoms with Crippen molar-refractivity contribution in [2.45, 2.75) is 45.1 Å². The number of benzene rings is 3. The normalized spacial score (nSPS) is 15.6. The lowest BCUT2D eigenvalue weighted by Crippen LogP contribution is -2.44. The Hall–Kier alpha value is -5.41. The predicted molar refractivity (Wildman–Crippen MR) is 188 cm³/mol. The number of aliphatic carboxylic acids is 1. The van der Waals surface area contributed by atoms with Gasteiger partial charge in [0.15, 0.2) is 5.11 Å². The van der Waals surface area contributed by atoms with Crippen molar-refractivity contribution in [1.82, 2.24) is 9.99 Å². The highest BCUT2D eigenvalue weighted by molar-refractivity contribution is 7.81. The number of anilines is 2. The van der Waals surface area contributed by atoms with Crippen LogP contribution in [0.5, 0.6) is 5.75 Å². The number of nitrogens with one attached hydrogen (secondary N) is 1. The van der Waals surface area contributed by atoms with Crippen LogP contribution >= 0.6 is 19.7 Å². The highest BCUT2D eigenvalue weighted by Crippen LogP contribution is 2.44. The Morgan fingerprint density at radius 3 is 2.28 bits per heavy atom. The Morgan fingerprint density at radius 2 is 1.72 bits per heavy atom. The third-order valence-corrected chi connectivity index (χ3v) is 10.2. The van der Waals surface area contributed by atoms with E-state index in [-0.39, 0.29) is 28.8 Å². The number of imide groups is 1. The van der Waals surface area contributed by atoms with E-state index in [9.17, 15) is 36.9 Å². The zero-order valence-electron chi connectivity index (χ0n) is 29.1. The van der Waals surface area contributed by atoms with Gasteiger partial charge in [-0.1, -0.05) is 12.1 Å². The third-order valence-electron chi connectivity index (χ3n) is 7.97. The van der Waals surface area contributed by atoms with Crippen molar-refractivity contribution in [3.63, 3.8) is 0 Å². The molecule has 1 fully saturated rings. The minimum Gasteiger partial charge on any atom is -0.480 e. The fourth-order valence-electron chi connectivity index (χ4n) is 5.21. The van der Waals surface area contributed by atoms with Gasteiger partial charge in [0.1, 0.15) is 36.1 Å². The molecule has 2 N–H and O–H groups in total. The molecule has 2 atom stereocenters. The van der Waals surface area contributed by atoms with Crippen molar-refractivity contribution >= 4 is 60.1 Å². The van der Waals surface area contributed by atoms with Crippen LogP contribution in [0.3, 0.4) is 0 Å². The second-order valence-electron chi connectivity index (χ2n) is 12.3. The number of carbonyl (C=O) groups is 4. The highest BCUT2D eigenvalue weighted by atomic mass is 32.1. The number of rotatable bonds is 12. The van der Waals surface area contributed by atoms with E-state index >= 15 is 4.39 Å². The van der Waals surface area contributed by atoms with Gasteiger partial charge in [-0.2, -0.15) is 18.4 Å². The molecule has 4 rings (SSSR count). The topological polar surface area (TPSA) is 179 Å². The molecule has 14 nitrogen and oxygen atoms in total. The molecule has 20 heteroatoms. The fourth-order valence-corrected chi connectivity index (χ4v) is 7.41. The van der Waals surface area contributed by atoms with Gasteiger partial charge in [0, 0.05) is 19.8 Å². The van der Waals surface area contributed by atoms with E-state index in [1.54, 1.807) is 0 Å². The third kappa shape index (κ3) is 8.69. The number of halogens is 4. The van der Waals surface area contributed by atoms with Crippen LogP contribution in [0.4, 0.5) is 33.7 Å². The number of carbonyl (C=O) groups excluding carboxylic acids is 3. The number of alkyl halides is 3. The standard InChI is InChI=1S/C34H32F4N5O9PS/c1-19(29(45)46)40-53(49,18-50-5)52-24-11-6-20(7-12-24)17-51-32(48)41(4)28(44)25-13-10-23(15-27(25)35)43-31(54)42(30(47)33(43,2)3)22-9-8-21(16-39)26(14-22)34(36,37)38/h6-15,19H,17-18H2,1-5H3,(H,40,49)(H,45,46). The Balaban J connectivity index is 1.45. The molecule has 54 heavy (non-hydrogen) atoms. The van der Waals surface area contributed by atoms with E-state index in [1.807, 2.05) is 0 Å². The molecule has 1 aliphatic heterocycles. The predicted octanol–water partition coefficient (Wildman–Crippen LogP) is 6.28. The monoisotopic (exact) mass is 793 g/mol. The number of methoxy groups -OCH3 is 1. The van der Waals surface area contributed by atoms with Crippen molar-refractivity contribution in [3.05, 3.63) is 88.7 Å². The average Bonchev–Trinajstić information content (AvgIpc) is 3.28. The summed E-state index contributed by atoms with van der Waals surface area (Å²) in [6.07, 6.45) is -6.48. The molecule has 3 amide bonds. The first kappa shape index (κ1) is 41.3. The zero-order valence-corrected chi connectivity index (χ0v) is 30.8. The summed E-state index contributed by atoms with van der Waals surface area (Å²) in [5.74, 6) is -4.13. The molecule has 1 saturated heterocycles. The summed E-state index contributed by atoms with van der Waals surface area (Å²) in [5.41, 5.74) is -3.91. The van der Waals surface area contributed by atoms with Gasteiger partial charge in [-0.15, -0.1) is 0 Å². The number of thiocarbonyl (C=S) groups is 1. The molecule has 1 aliphatic rings. The quantitative estimate of drug-likeness (QED) is 0.119. The van der Waals surface area contributed by atoms with Crippen molar-refractivity contribution in [2.75, 3.05) is 30.3 Å². The lowest BCUT2D eigenvalue weighted by atomic mass is 10.0. The second-order valence-corrected chi connectivity index (χ2v) is 14.7. The molecule has 3 aromatic carbocycles. The second kappa shape index (κ2) is 15.9. The zero-order chi connectivity index (χ0) is 40.3. The number of nitriles is 1. The van der Waals surface area contributed by atoms with E-state index in [2.05, 4.69) is 5.09 Å². The van der Waals surface area contributed by atoms with Gasteiger partial charge in [-0.3, -0.25) is 23.8 Å². The Morgan fingerprint density at radius 1 is 1.09 bits per heavy atom. The molecular formula is C34H32F4N5O9PS. The summed E-state index contributed by atoms with van der Waals surface area (Å²) in [6.45, 7) is 3.76. The average molecular weight is 794 g/mol. The Labute approximate surface area is 311 Å². The fraction of sp³-hybridized carbons (Fsp3) is 0.294. The molecule has 0 aliphatic carbocycles. The van der Waals surface area contributed by atoms with Crippen molar-refractivity contribution in [3.8, 4) is 11.8 Å². The van der Waals surface area contributed by atoms with Crippen LogP contribution in [-0.2, 0) is 36.4 Å². The minimum absolute atomic E-state index is 0.0250. The van der Waals surface area contributed by atoms with Gasteiger partial charge in [0.25, 0.3) is 11.8 Å². The van der Waals surface area contributed by atoms with E-state index < -0.39 is 78.0 Å². The lowest BCUT2D eigenvalue weighted by molar-refractivity contribution is -0.139. The van der Waals surface area contributed by atoms with Gasteiger partial charge < -0.3 is 24.0 Å². The van der Waals surface area contributed by atoms with Gasteiger partial charge in [0.2, 0.25) is 0 Å². The van der Waals surface area contributed by atoms with E-state index in [1.165, 1.54) is 69.2 Å². The number of carboxylic acids is 1. The largest absolute Gasteiger partial charge is 0.480 e. The smallest absolute Gasteiger partial charge is 0.417 e. The summed E-state index contributed by atoms with van der Waals surface area (Å²) >= 11 is 5.47. The minimum atomic E-state index is -4.91. The van der Waals surface area contributed by atoms with Gasteiger partial charge in [-0.25, -0.2) is 19.2 Å². The number of amides is 3. The van der Waals surface area contributed by atoms with Crippen molar-refractivity contribution < 1.29 is 60.4 Å². The first-order valence-corrected chi connectivity index (χ1v) is 17.8. The summed E-state index contributed by atoms with van der Waals surface area (Å²) in [7, 11) is -1.47. The molecule has 0 bridgehead atoms. The summed E-state index contributed by atoms with van der Waals surface area (Å²) in [6, 6.07) is 11.8. The van der Waals surface area contributed by atoms with Crippen LogP contribution in [0.2, 0.25) is 0 Å². The lowest BCUT2D eigenvalue weighted by Gasteiger charge is -2.29. The summed E-state index contributed by atoms with van der Waals surface area (Å²) in [4.78, 5) is 53.1. The van der Waals surface area contributed by atoms with Crippen molar-refractivity contribution in [1.29, 1.82) is 5.26 Å². The molecule has 0 aromatic heterocycles. The van der Waals surface area contributed by atoms with Crippen LogP contribution in [0, 0.1) is 17.1 Å². The van der Waals surface area contributed by atoms with E-state index in [0.29, 0.717) is 16.5 Å². The van der Waals surface area contributed by atoms with Gasteiger partial charge in [0.05, 0.1) is 28.4 Å². The van der Waals surface area contributed by atoms with Crippen molar-refractivity contribution in [2.24, 2.45) is 0 Å². The Kier molecular flexibility index (Phi) is 12.2. The summed E-state index contributed by atoms with van der Waals surface area (Å²) < 4.78 is 85.1. The molecule has 286 valence electrons. The maximum Gasteiger partial charge on any atom is 0.417 e. The van der Waals surface area contributed by atoms with E-state index in [0.717, 1.165) is 36.2 Å². The van der Waals surface area contributed by atoms with Crippen LogP contribution in [0.1, 0.15) is 47.8 Å². The number of nitrogens with zero attached hydrogens (tertiary/aromatic N) is 4. The maximum absolute atomic E-state index is 15.5.